The van der Waals surface area contributed by atoms with Gasteiger partial charge in [0, 0.05) is 32.4 Å². The summed E-state index contributed by atoms with van der Waals surface area (Å²) in [6, 6.07) is 23.7. The fourth-order valence-corrected chi connectivity index (χ4v) is 3.87. The molecule has 0 atom stereocenters. The maximum atomic E-state index is 3.56. The van der Waals surface area contributed by atoms with Gasteiger partial charge in [-0.1, -0.05) is 52.3 Å². The van der Waals surface area contributed by atoms with Crippen molar-refractivity contribution in [2.45, 2.75) is 6.54 Å². The summed E-state index contributed by atoms with van der Waals surface area (Å²) < 4.78 is 3.34. The molecular weight excluding hydrogens is 452 g/mol. The van der Waals surface area contributed by atoms with Gasteiger partial charge in [-0.25, -0.2) is 0 Å². The van der Waals surface area contributed by atoms with Crippen LogP contribution in [0.5, 0.6) is 0 Å². The highest BCUT2D eigenvalue weighted by Crippen LogP contribution is 2.27. The summed E-state index contributed by atoms with van der Waals surface area (Å²) in [6.45, 7) is 0.861. The predicted octanol–water partition coefficient (Wildman–Crippen LogP) is 2.58. The van der Waals surface area contributed by atoms with E-state index in [0.717, 1.165) is 16.5 Å². The number of halogens is 2. The topological polar surface area (TPSA) is 19.7 Å². The number of aromatic amines is 1. The first kappa shape index (κ1) is 17.3. The summed E-state index contributed by atoms with van der Waals surface area (Å²) in [5.74, 6) is 0. The summed E-state index contributed by atoms with van der Waals surface area (Å²) in [5, 5.41) is 5.08. The molecule has 0 spiro atoms. The molecule has 2 heterocycles. The molecule has 4 heteroatoms. The van der Waals surface area contributed by atoms with Crippen LogP contribution in [0.4, 0.5) is 0 Å². The van der Waals surface area contributed by atoms with Gasteiger partial charge in [0.1, 0.15) is 5.52 Å². The molecule has 0 saturated carbocycles. The summed E-state index contributed by atoms with van der Waals surface area (Å²) in [4.78, 5) is 3.52. The molecule has 3 aromatic carbocycles. The van der Waals surface area contributed by atoms with Crippen molar-refractivity contribution in [3.63, 3.8) is 0 Å². The molecule has 0 fully saturated rings. The fourth-order valence-electron chi connectivity index (χ4n) is 3.51. The number of benzene rings is 3. The number of rotatable bonds is 2. The first-order valence-corrected chi connectivity index (χ1v) is 9.13. The Bertz CT molecular complexity index is 1240. The second kappa shape index (κ2) is 6.86. The fraction of sp³-hybridized carbons (Fsp3) is 0.0455. The molecule has 0 saturated heterocycles. The second-order valence-corrected chi connectivity index (χ2v) is 7.36. The molecular formula is C22H16Br2N2. The van der Waals surface area contributed by atoms with E-state index in [2.05, 4.69) is 105 Å². The van der Waals surface area contributed by atoms with Crippen LogP contribution in [0, 0.1) is 0 Å². The van der Waals surface area contributed by atoms with E-state index in [4.69, 9.17) is 0 Å². The molecule has 5 aromatic rings. The highest BCUT2D eigenvalue weighted by atomic mass is 79.9. The van der Waals surface area contributed by atoms with Crippen molar-refractivity contribution >= 4 is 48.5 Å². The van der Waals surface area contributed by atoms with Crippen LogP contribution in [0.25, 0.3) is 32.6 Å². The molecule has 0 aliphatic carbocycles. The van der Waals surface area contributed by atoms with Gasteiger partial charge < -0.3 is 22.0 Å². The average molecular weight is 468 g/mol. The molecule has 0 bridgehead atoms. The Morgan fingerprint density at radius 1 is 0.808 bits per heavy atom. The molecule has 0 radical (unpaired) electrons. The number of nitrogens with one attached hydrogen (secondary N) is 1. The van der Waals surface area contributed by atoms with Gasteiger partial charge in [0.2, 0.25) is 0 Å². The molecule has 0 aliphatic heterocycles. The first-order valence-electron chi connectivity index (χ1n) is 8.34. The van der Waals surface area contributed by atoms with E-state index in [0.29, 0.717) is 0 Å². The first-order chi connectivity index (χ1) is 12.3. The van der Waals surface area contributed by atoms with Crippen molar-refractivity contribution in [3.8, 4) is 0 Å². The van der Waals surface area contributed by atoms with Gasteiger partial charge >= 0.3 is 0 Å². The normalized spacial score (nSPS) is 11.1. The molecule has 5 rings (SSSR count). The van der Waals surface area contributed by atoms with E-state index >= 15 is 0 Å². The second-order valence-electron chi connectivity index (χ2n) is 6.44. The van der Waals surface area contributed by atoms with Crippen LogP contribution >= 0.6 is 15.9 Å². The smallest absolute Gasteiger partial charge is 0.193 e. The van der Waals surface area contributed by atoms with Crippen LogP contribution in [-0.2, 0) is 6.54 Å². The Labute approximate surface area is 170 Å². The van der Waals surface area contributed by atoms with Crippen molar-refractivity contribution < 1.29 is 21.5 Å². The lowest BCUT2D eigenvalue weighted by molar-refractivity contribution is -0.687. The minimum atomic E-state index is 0. The van der Waals surface area contributed by atoms with E-state index in [1.165, 1.54) is 32.6 Å². The lowest BCUT2D eigenvalue weighted by atomic mass is 10.1. The molecule has 2 nitrogen and oxygen atoms in total. The van der Waals surface area contributed by atoms with Crippen LogP contribution in [0.1, 0.15) is 5.56 Å². The number of pyridine rings is 1. The maximum Gasteiger partial charge on any atom is 0.193 e. The Morgan fingerprint density at radius 2 is 1.65 bits per heavy atom. The maximum absolute atomic E-state index is 3.56. The predicted molar refractivity (Wildman–Crippen MR) is 107 cm³/mol. The zero-order valence-electron chi connectivity index (χ0n) is 13.9. The van der Waals surface area contributed by atoms with Gasteiger partial charge in [-0.15, -0.1) is 0 Å². The lowest BCUT2D eigenvalue weighted by Crippen LogP contribution is -3.00. The summed E-state index contributed by atoms with van der Waals surface area (Å²) in [7, 11) is 0. The minimum absolute atomic E-state index is 0. The Balaban J connectivity index is 0.00000168. The summed E-state index contributed by atoms with van der Waals surface area (Å²) in [5.41, 5.74) is 3.64. The number of nitrogens with zero attached hydrogens (tertiary/aromatic N) is 1. The quantitative estimate of drug-likeness (QED) is 0.385. The van der Waals surface area contributed by atoms with E-state index in [-0.39, 0.29) is 17.0 Å². The third-order valence-corrected chi connectivity index (χ3v) is 5.23. The molecule has 26 heavy (non-hydrogen) atoms. The van der Waals surface area contributed by atoms with Gasteiger partial charge in [0.05, 0.1) is 0 Å². The summed E-state index contributed by atoms with van der Waals surface area (Å²) in [6.07, 6.45) is 4.35. The number of hydrogen-bond acceptors (Lipinski definition) is 0. The highest BCUT2D eigenvalue weighted by molar-refractivity contribution is 9.10. The van der Waals surface area contributed by atoms with Crippen LogP contribution in [0.2, 0.25) is 0 Å². The Kier molecular flexibility index (Phi) is 4.55. The van der Waals surface area contributed by atoms with Gasteiger partial charge in [0.25, 0.3) is 0 Å². The number of fused-ring (bicyclic) bond motifs is 4. The highest BCUT2D eigenvalue weighted by Gasteiger charge is 2.10. The van der Waals surface area contributed by atoms with Crippen LogP contribution < -0.4 is 21.5 Å². The number of aromatic nitrogens is 2. The molecule has 128 valence electrons. The third kappa shape index (κ3) is 3.04. The van der Waals surface area contributed by atoms with Crippen LogP contribution in [0.15, 0.2) is 83.6 Å². The van der Waals surface area contributed by atoms with Crippen molar-refractivity contribution in [3.05, 3.63) is 89.2 Å². The Morgan fingerprint density at radius 3 is 2.54 bits per heavy atom. The van der Waals surface area contributed by atoms with Gasteiger partial charge in [-0.3, -0.25) is 0 Å². The van der Waals surface area contributed by atoms with Crippen LogP contribution in [0.3, 0.4) is 0 Å². The third-order valence-electron chi connectivity index (χ3n) is 4.74. The van der Waals surface area contributed by atoms with Gasteiger partial charge in [0.15, 0.2) is 18.9 Å². The van der Waals surface area contributed by atoms with E-state index < -0.39 is 0 Å². The van der Waals surface area contributed by atoms with Crippen molar-refractivity contribution in [2.75, 3.05) is 0 Å². The molecule has 1 N–H and O–H groups in total. The van der Waals surface area contributed by atoms with E-state index in [9.17, 15) is 0 Å². The Hall–Kier alpha value is -2.17. The monoisotopic (exact) mass is 466 g/mol. The largest absolute Gasteiger partial charge is 1.00 e. The molecule has 0 aliphatic rings. The van der Waals surface area contributed by atoms with Crippen molar-refractivity contribution in [2.24, 2.45) is 0 Å². The van der Waals surface area contributed by atoms with Crippen LogP contribution in [-0.4, -0.2) is 4.98 Å². The number of hydrogen-bond donors (Lipinski definition) is 1. The van der Waals surface area contributed by atoms with Gasteiger partial charge in [-0.05, 0) is 35.0 Å². The minimum Gasteiger partial charge on any atom is -1.00 e. The standard InChI is InChI=1S/C22H15BrN2.BrH/c23-18-7-8-21-20(12-18)19-9-10-25(14-22(19)24-21)13-15-5-6-16-3-1-2-4-17(16)11-15;/h1-12,14H,13H2;1H. The summed E-state index contributed by atoms with van der Waals surface area (Å²) >= 11 is 3.56. The molecule has 0 unspecified atom stereocenters. The lowest BCUT2D eigenvalue weighted by Gasteiger charge is -2.01. The number of H-pyrrole nitrogens is 1. The van der Waals surface area contributed by atoms with E-state index in [1.54, 1.807) is 0 Å². The SMILES string of the molecule is Brc1ccc2[nH]c3c[n+](Cc4ccc5ccccc5c4)ccc3c2c1.[Br-]. The van der Waals surface area contributed by atoms with Crippen molar-refractivity contribution in [1.82, 2.24) is 4.98 Å². The zero-order chi connectivity index (χ0) is 16.8. The molecule has 0 amide bonds. The van der Waals surface area contributed by atoms with Crippen molar-refractivity contribution in [1.29, 1.82) is 0 Å². The van der Waals surface area contributed by atoms with E-state index in [1.807, 2.05) is 0 Å². The van der Waals surface area contributed by atoms with Gasteiger partial charge in [-0.2, -0.15) is 4.57 Å². The zero-order valence-corrected chi connectivity index (χ0v) is 17.1. The average Bonchev–Trinajstić information content (AvgIpc) is 2.98. The molecule has 2 aromatic heterocycles.